The molecule has 2 heterocycles. The summed E-state index contributed by atoms with van der Waals surface area (Å²) in [6.07, 6.45) is 5.91. The number of nitrogens with zero attached hydrogens (tertiary/aromatic N) is 3. The number of hydrogen-bond acceptors (Lipinski definition) is 6. The number of hydrazine groups is 1. The first-order valence-corrected chi connectivity index (χ1v) is 6.85. The van der Waals surface area contributed by atoms with Gasteiger partial charge in [-0.3, -0.25) is 10.8 Å². The monoisotopic (exact) mass is 282 g/mol. The summed E-state index contributed by atoms with van der Waals surface area (Å²) in [4.78, 5) is 10.7. The van der Waals surface area contributed by atoms with Gasteiger partial charge in [-0.2, -0.15) is 4.31 Å². The minimum atomic E-state index is -3.69. The maximum absolute atomic E-state index is 12.4. The molecule has 9 heteroatoms. The largest absolute Gasteiger partial charge is 0.347 e. The summed E-state index contributed by atoms with van der Waals surface area (Å²) < 4.78 is 25.9. The molecule has 0 saturated heterocycles. The summed E-state index contributed by atoms with van der Waals surface area (Å²) in [6.45, 7) is 0.133. The Labute approximate surface area is 110 Å². The molecule has 4 N–H and O–H groups in total. The topological polar surface area (TPSA) is 117 Å². The third kappa shape index (κ3) is 2.72. The third-order valence-electron chi connectivity index (χ3n) is 2.56. The third-order valence-corrected chi connectivity index (χ3v) is 4.39. The lowest BCUT2D eigenvalue weighted by molar-refractivity contribution is 0.458. The highest BCUT2D eigenvalue weighted by atomic mass is 32.2. The van der Waals surface area contributed by atoms with E-state index in [2.05, 4.69) is 20.4 Å². The molecule has 0 radical (unpaired) electrons. The Morgan fingerprint density at radius 1 is 1.47 bits per heavy atom. The molecule has 0 fully saturated rings. The van der Waals surface area contributed by atoms with E-state index in [0.717, 1.165) is 0 Å². The molecular formula is C10H14N6O2S. The molecule has 0 unspecified atom stereocenters. The summed E-state index contributed by atoms with van der Waals surface area (Å²) >= 11 is 0. The second-order valence-electron chi connectivity index (χ2n) is 3.81. The molecule has 19 heavy (non-hydrogen) atoms. The van der Waals surface area contributed by atoms with E-state index in [1.165, 1.54) is 29.8 Å². The van der Waals surface area contributed by atoms with Crippen LogP contribution in [0.25, 0.3) is 0 Å². The van der Waals surface area contributed by atoms with Crippen LogP contribution in [0, 0.1) is 0 Å². The average Bonchev–Trinajstić information content (AvgIpc) is 2.91. The van der Waals surface area contributed by atoms with Crippen molar-refractivity contribution in [1.82, 2.24) is 19.3 Å². The van der Waals surface area contributed by atoms with Crippen LogP contribution in [0.15, 0.2) is 35.7 Å². The summed E-state index contributed by atoms with van der Waals surface area (Å²) in [6, 6.07) is 1.49. The molecule has 2 aromatic heterocycles. The number of hydrogen-bond donors (Lipinski definition) is 3. The molecule has 0 bridgehead atoms. The molecule has 0 atom stereocenters. The zero-order valence-corrected chi connectivity index (χ0v) is 11.1. The lowest BCUT2D eigenvalue weighted by Gasteiger charge is -2.17. The van der Waals surface area contributed by atoms with E-state index in [4.69, 9.17) is 5.84 Å². The van der Waals surface area contributed by atoms with Gasteiger partial charge in [0.2, 0.25) is 10.0 Å². The molecule has 8 nitrogen and oxygen atoms in total. The molecule has 0 amide bonds. The second-order valence-corrected chi connectivity index (χ2v) is 5.83. The van der Waals surface area contributed by atoms with Gasteiger partial charge in [-0.25, -0.2) is 13.4 Å². The average molecular weight is 282 g/mol. The van der Waals surface area contributed by atoms with E-state index in [9.17, 15) is 8.42 Å². The summed E-state index contributed by atoms with van der Waals surface area (Å²) in [5, 5.41) is 0. The smallest absolute Gasteiger partial charge is 0.246 e. The lowest BCUT2D eigenvalue weighted by atomic mass is 10.4. The van der Waals surface area contributed by atoms with Gasteiger partial charge in [0, 0.05) is 31.8 Å². The van der Waals surface area contributed by atoms with Crippen LogP contribution in [0.5, 0.6) is 0 Å². The molecule has 2 aromatic rings. The van der Waals surface area contributed by atoms with Crippen molar-refractivity contribution in [2.24, 2.45) is 5.84 Å². The number of nitrogens with two attached hydrogens (primary N) is 1. The van der Waals surface area contributed by atoms with E-state index in [-0.39, 0.29) is 11.4 Å². The van der Waals surface area contributed by atoms with Crippen LogP contribution in [0.1, 0.15) is 5.82 Å². The highest BCUT2D eigenvalue weighted by molar-refractivity contribution is 7.89. The van der Waals surface area contributed by atoms with Gasteiger partial charge in [0.1, 0.15) is 10.7 Å². The molecular weight excluding hydrogens is 268 g/mol. The highest BCUT2D eigenvalue weighted by Crippen LogP contribution is 2.22. The first-order valence-electron chi connectivity index (χ1n) is 5.41. The molecule has 0 aromatic carbocycles. The van der Waals surface area contributed by atoms with Crippen LogP contribution in [0.3, 0.4) is 0 Å². The predicted octanol–water partition coefficient (Wildman–Crippen LogP) is -0.0890. The Balaban J connectivity index is 2.31. The lowest BCUT2D eigenvalue weighted by Crippen LogP contribution is -2.28. The van der Waals surface area contributed by atoms with Crippen molar-refractivity contribution in [3.05, 3.63) is 36.7 Å². The van der Waals surface area contributed by atoms with Gasteiger partial charge in [0.05, 0.1) is 12.2 Å². The maximum Gasteiger partial charge on any atom is 0.246 e. The number of pyridine rings is 1. The second kappa shape index (κ2) is 5.34. The van der Waals surface area contributed by atoms with Crippen molar-refractivity contribution >= 4 is 15.7 Å². The fraction of sp³-hybridized carbons (Fsp3) is 0.200. The number of sulfonamides is 1. The fourth-order valence-electron chi connectivity index (χ4n) is 1.55. The van der Waals surface area contributed by atoms with Crippen LogP contribution < -0.4 is 11.3 Å². The number of imidazole rings is 1. The Bertz CT molecular complexity index is 640. The normalized spacial score (nSPS) is 11.7. The number of anilines is 1. The van der Waals surface area contributed by atoms with Crippen LogP contribution in [0.4, 0.5) is 5.69 Å². The number of nitrogens with one attached hydrogen (secondary N) is 2. The summed E-state index contributed by atoms with van der Waals surface area (Å²) in [5.41, 5.74) is 2.64. The van der Waals surface area contributed by atoms with Gasteiger partial charge in [-0.05, 0) is 6.07 Å². The van der Waals surface area contributed by atoms with E-state index < -0.39 is 10.0 Å². The number of H-pyrrole nitrogens is 1. The van der Waals surface area contributed by atoms with E-state index in [1.54, 1.807) is 12.4 Å². The van der Waals surface area contributed by atoms with Crippen molar-refractivity contribution in [2.75, 3.05) is 12.5 Å². The standard InChI is InChI=1S/C10H14N6O2S/c1-16(7-10-13-4-5-14-10)19(17,18)9-6-12-3-2-8(9)15-11/h2-6H,7,11H2,1H3,(H,12,15)(H,13,14). The Morgan fingerprint density at radius 3 is 2.89 bits per heavy atom. The zero-order valence-electron chi connectivity index (χ0n) is 10.2. The Morgan fingerprint density at radius 2 is 2.26 bits per heavy atom. The molecule has 102 valence electrons. The number of rotatable bonds is 5. The van der Waals surface area contributed by atoms with Gasteiger partial charge in [-0.1, -0.05) is 0 Å². The van der Waals surface area contributed by atoms with Crippen LogP contribution in [-0.2, 0) is 16.6 Å². The molecule has 0 saturated carbocycles. The minimum Gasteiger partial charge on any atom is -0.347 e. The van der Waals surface area contributed by atoms with Crippen LogP contribution in [-0.4, -0.2) is 34.7 Å². The molecule has 0 aliphatic rings. The first kappa shape index (κ1) is 13.5. The van der Waals surface area contributed by atoms with E-state index in [0.29, 0.717) is 11.5 Å². The first-order chi connectivity index (χ1) is 9.05. The molecule has 2 rings (SSSR count). The van der Waals surface area contributed by atoms with Crippen molar-refractivity contribution in [1.29, 1.82) is 0 Å². The van der Waals surface area contributed by atoms with E-state index in [1.807, 2.05) is 0 Å². The van der Waals surface area contributed by atoms with Gasteiger partial charge in [0.25, 0.3) is 0 Å². The Kier molecular flexibility index (Phi) is 3.79. The molecule has 0 aliphatic carbocycles. The molecule has 0 aliphatic heterocycles. The summed E-state index contributed by atoms with van der Waals surface area (Å²) in [7, 11) is -2.23. The zero-order chi connectivity index (χ0) is 13.9. The molecule has 0 spiro atoms. The SMILES string of the molecule is CN(Cc1ncc[nH]1)S(=O)(=O)c1cnccc1NN. The minimum absolute atomic E-state index is 0.0200. The fourth-order valence-corrected chi connectivity index (χ4v) is 2.78. The number of nitrogen functional groups attached to an aromatic ring is 1. The summed E-state index contributed by atoms with van der Waals surface area (Å²) in [5.74, 6) is 5.86. The van der Waals surface area contributed by atoms with Gasteiger partial charge in [0.15, 0.2) is 0 Å². The van der Waals surface area contributed by atoms with Gasteiger partial charge < -0.3 is 10.4 Å². The highest BCUT2D eigenvalue weighted by Gasteiger charge is 2.24. The van der Waals surface area contributed by atoms with Crippen LogP contribution >= 0.6 is 0 Å². The van der Waals surface area contributed by atoms with Crippen molar-refractivity contribution in [3.8, 4) is 0 Å². The maximum atomic E-state index is 12.4. The Hall–Kier alpha value is -1.97. The number of aromatic nitrogens is 3. The van der Waals surface area contributed by atoms with Gasteiger partial charge in [-0.15, -0.1) is 0 Å². The number of aromatic amines is 1. The van der Waals surface area contributed by atoms with Crippen molar-refractivity contribution in [3.63, 3.8) is 0 Å². The van der Waals surface area contributed by atoms with E-state index >= 15 is 0 Å². The quantitative estimate of drug-likeness (QED) is 0.521. The van der Waals surface area contributed by atoms with Crippen LogP contribution in [0.2, 0.25) is 0 Å². The van der Waals surface area contributed by atoms with Crippen molar-refractivity contribution < 1.29 is 8.42 Å². The van der Waals surface area contributed by atoms with Crippen molar-refractivity contribution in [2.45, 2.75) is 11.4 Å². The predicted molar refractivity (Wildman–Crippen MR) is 69.3 cm³/mol. The van der Waals surface area contributed by atoms with Gasteiger partial charge >= 0.3 is 0 Å².